The molecule has 1 aliphatic heterocycles. The van der Waals surface area contributed by atoms with Gasteiger partial charge >= 0.3 is 5.97 Å². The fourth-order valence-electron chi connectivity index (χ4n) is 4.01. The van der Waals surface area contributed by atoms with E-state index >= 15 is 0 Å². The zero-order valence-electron chi connectivity index (χ0n) is 27.1. The van der Waals surface area contributed by atoms with Crippen LogP contribution in [0, 0.1) is 0 Å². The molecule has 1 unspecified atom stereocenters. The third-order valence-electron chi connectivity index (χ3n) is 6.72. The maximum absolute atomic E-state index is 10.8. The zero-order valence-corrected chi connectivity index (χ0v) is 27.1. The summed E-state index contributed by atoms with van der Waals surface area (Å²) in [5.41, 5.74) is 7.82. The molecule has 1 aromatic carbocycles. The monoisotopic (exact) mass is 613 g/mol. The molecule has 43 heavy (non-hydrogen) atoms. The lowest BCUT2D eigenvalue weighted by molar-refractivity contribution is -0.141. The van der Waals surface area contributed by atoms with E-state index in [-0.39, 0.29) is 19.8 Å². The maximum atomic E-state index is 10.8. The SMILES string of the molecule is CCC(C)OCCOCCOCCOCCOCCN1CCN(c2ccc(N)cc2)CC1.CCCC(=O)CCOC(C)=O.[HH]. The Balaban J connectivity index is 0.00000131. The Bertz CT molecular complexity index is 826. The molecule has 0 saturated carbocycles. The number of ketones is 1. The number of rotatable bonds is 23. The van der Waals surface area contributed by atoms with Crippen molar-refractivity contribution in [2.24, 2.45) is 0 Å². The highest BCUT2D eigenvalue weighted by molar-refractivity contribution is 5.78. The van der Waals surface area contributed by atoms with Crippen molar-refractivity contribution in [1.29, 1.82) is 0 Å². The van der Waals surface area contributed by atoms with E-state index in [4.69, 9.17) is 29.4 Å². The molecule has 1 heterocycles. The van der Waals surface area contributed by atoms with Crippen LogP contribution in [0.25, 0.3) is 0 Å². The second-order valence-electron chi connectivity index (χ2n) is 10.3. The second kappa shape index (κ2) is 26.2. The van der Waals surface area contributed by atoms with Gasteiger partial charge in [-0.15, -0.1) is 0 Å². The molecule has 250 valence electrons. The van der Waals surface area contributed by atoms with Crippen LogP contribution in [0.4, 0.5) is 11.4 Å². The fourth-order valence-corrected chi connectivity index (χ4v) is 4.01. The highest BCUT2D eigenvalue weighted by Crippen LogP contribution is 2.18. The summed E-state index contributed by atoms with van der Waals surface area (Å²) in [5.74, 6) is -0.164. The van der Waals surface area contributed by atoms with Gasteiger partial charge in [0.2, 0.25) is 0 Å². The summed E-state index contributed by atoms with van der Waals surface area (Å²) in [4.78, 5) is 25.9. The number of hydrogen-bond acceptors (Lipinski definition) is 11. The summed E-state index contributed by atoms with van der Waals surface area (Å²) in [5, 5.41) is 0. The first-order chi connectivity index (χ1) is 20.8. The minimum Gasteiger partial charge on any atom is -0.465 e. The van der Waals surface area contributed by atoms with Crippen LogP contribution in [-0.2, 0) is 38.0 Å². The Hall–Kier alpha value is -2.28. The van der Waals surface area contributed by atoms with Crippen LogP contribution in [-0.4, -0.2) is 122 Å². The number of nitrogens with zero attached hydrogens (tertiary/aromatic N) is 2. The summed E-state index contributed by atoms with van der Waals surface area (Å²) in [6.07, 6.45) is 3.12. The third kappa shape index (κ3) is 22.0. The van der Waals surface area contributed by atoms with Crippen LogP contribution in [0.5, 0.6) is 0 Å². The first-order valence-electron chi connectivity index (χ1n) is 15.8. The van der Waals surface area contributed by atoms with Crippen molar-refractivity contribution < 1.29 is 39.4 Å². The highest BCUT2D eigenvalue weighted by Gasteiger charge is 2.16. The highest BCUT2D eigenvalue weighted by atomic mass is 16.6. The molecule has 0 aromatic heterocycles. The van der Waals surface area contributed by atoms with Crippen LogP contribution in [0.1, 0.15) is 54.8 Å². The summed E-state index contributed by atoms with van der Waals surface area (Å²) in [6.45, 7) is 18.3. The van der Waals surface area contributed by atoms with E-state index in [1.807, 2.05) is 19.1 Å². The minimum atomic E-state index is -0.325. The van der Waals surface area contributed by atoms with Gasteiger partial charge in [-0.2, -0.15) is 0 Å². The first kappa shape index (κ1) is 38.7. The number of nitrogens with two attached hydrogens (primary N) is 1. The van der Waals surface area contributed by atoms with Crippen molar-refractivity contribution in [3.8, 4) is 0 Å². The number of ether oxygens (including phenoxy) is 6. The normalized spacial score (nSPS) is 14.2. The Kier molecular flexibility index (Phi) is 23.6. The number of Topliss-reactive ketones (excluding diaryl/α,β-unsaturated/α-hetero) is 1. The number of benzene rings is 1. The van der Waals surface area contributed by atoms with Gasteiger partial charge in [0.1, 0.15) is 5.78 Å². The summed E-state index contributed by atoms with van der Waals surface area (Å²) < 4.78 is 32.3. The number of carbonyl (C=O) groups is 2. The van der Waals surface area contributed by atoms with Crippen molar-refractivity contribution >= 4 is 23.1 Å². The van der Waals surface area contributed by atoms with E-state index in [0.29, 0.717) is 71.8 Å². The number of anilines is 2. The third-order valence-corrected chi connectivity index (χ3v) is 6.72. The van der Waals surface area contributed by atoms with Crippen molar-refractivity contribution in [2.75, 3.05) is 109 Å². The van der Waals surface area contributed by atoms with Gasteiger partial charge in [-0.25, -0.2) is 0 Å². The van der Waals surface area contributed by atoms with Crippen molar-refractivity contribution in [3.63, 3.8) is 0 Å². The molecular formula is C32H59N3O8. The topological polar surface area (TPSA) is 122 Å². The predicted molar refractivity (Wildman–Crippen MR) is 172 cm³/mol. The van der Waals surface area contributed by atoms with E-state index in [2.05, 4.69) is 40.5 Å². The van der Waals surface area contributed by atoms with Crippen LogP contribution in [0.15, 0.2) is 24.3 Å². The molecule has 0 spiro atoms. The Morgan fingerprint density at radius 1 is 0.791 bits per heavy atom. The van der Waals surface area contributed by atoms with Crippen LogP contribution >= 0.6 is 0 Å². The van der Waals surface area contributed by atoms with Crippen LogP contribution in [0.2, 0.25) is 0 Å². The molecular weight excluding hydrogens is 554 g/mol. The largest absolute Gasteiger partial charge is 0.465 e. The quantitative estimate of drug-likeness (QED) is 0.110. The maximum Gasteiger partial charge on any atom is 0.302 e. The molecule has 11 heteroatoms. The standard InChI is InChI=1S/C24H43N3O5.C8H14O3.H2/c1-3-22(2)32-21-20-31-19-18-30-17-16-29-15-14-28-13-12-26-8-10-27(11-9-26)24-6-4-23(25)5-7-24;1-3-4-8(10)5-6-11-7(2)9;/h4-7,22H,3,8-21,25H2,1-2H3;3-6H2,1-2H3;1H. The Labute approximate surface area is 260 Å². The average Bonchev–Trinajstić information content (AvgIpc) is 3.00. The van der Waals surface area contributed by atoms with Gasteiger partial charge in [-0.1, -0.05) is 13.8 Å². The van der Waals surface area contributed by atoms with Gasteiger partial charge in [-0.05, 0) is 44.0 Å². The lowest BCUT2D eigenvalue weighted by Gasteiger charge is -2.36. The van der Waals surface area contributed by atoms with E-state index in [0.717, 1.165) is 57.9 Å². The van der Waals surface area contributed by atoms with E-state index in [1.165, 1.54) is 12.6 Å². The molecule has 0 bridgehead atoms. The Morgan fingerprint density at radius 2 is 1.33 bits per heavy atom. The van der Waals surface area contributed by atoms with E-state index < -0.39 is 0 Å². The molecule has 0 radical (unpaired) electrons. The smallest absolute Gasteiger partial charge is 0.302 e. The minimum absolute atomic E-state index is 0. The molecule has 11 nitrogen and oxygen atoms in total. The molecule has 2 N–H and O–H groups in total. The average molecular weight is 614 g/mol. The number of hydrogen-bond donors (Lipinski definition) is 1. The molecule has 1 fully saturated rings. The number of carbonyl (C=O) groups excluding carboxylic acids is 2. The molecule has 1 aromatic rings. The summed E-state index contributed by atoms with van der Waals surface area (Å²) >= 11 is 0. The predicted octanol–water partition coefficient (Wildman–Crippen LogP) is 3.83. The second-order valence-corrected chi connectivity index (χ2v) is 10.3. The summed E-state index contributed by atoms with van der Waals surface area (Å²) in [6, 6.07) is 8.12. The van der Waals surface area contributed by atoms with Gasteiger partial charge in [0.05, 0.1) is 72.2 Å². The first-order valence-corrected chi connectivity index (χ1v) is 15.8. The molecule has 1 atom stereocenters. The number of esters is 1. The van der Waals surface area contributed by atoms with Gasteiger partial charge in [0, 0.05) is 65.3 Å². The molecule has 0 aliphatic carbocycles. The summed E-state index contributed by atoms with van der Waals surface area (Å²) in [7, 11) is 0. The van der Waals surface area contributed by atoms with Crippen LogP contribution < -0.4 is 10.6 Å². The van der Waals surface area contributed by atoms with Crippen LogP contribution in [0.3, 0.4) is 0 Å². The molecule has 1 aliphatic rings. The van der Waals surface area contributed by atoms with Gasteiger partial charge in [0.25, 0.3) is 0 Å². The van der Waals surface area contributed by atoms with Crippen molar-refractivity contribution in [1.82, 2.24) is 4.90 Å². The number of piperazine rings is 1. The Morgan fingerprint density at radius 3 is 1.84 bits per heavy atom. The fraction of sp³-hybridized carbons (Fsp3) is 0.750. The molecule has 1 saturated heterocycles. The van der Waals surface area contributed by atoms with Gasteiger partial charge in [0.15, 0.2) is 0 Å². The van der Waals surface area contributed by atoms with Gasteiger partial charge in [-0.3, -0.25) is 14.5 Å². The van der Waals surface area contributed by atoms with Crippen molar-refractivity contribution in [3.05, 3.63) is 24.3 Å². The lowest BCUT2D eigenvalue weighted by Crippen LogP contribution is -2.47. The molecule has 0 amide bonds. The number of nitrogen functional groups attached to an aromatic ring is 1. The van der Waals surface area contributed by atoms with Crippen molar-refractivity contribution in [2.45, 2.75) is 59.5 Å². The zero-order chi connectivity index (χ0) is 31.5. The van der Waals surface area contributed by atoms with E-state index in [9.17, 15) is 9.59 Å². The lowest BCUT2D eigenvalue weighted by atomic mass is 10.2. The van der Waals surface area contributed by atoms with Gasteiger partial charge < -0.3 is 39.1 Å². The van der Waals surface area contributed by atoms with E-state index in [1.54, 1.807) is 0 Å². The molecule has 2 rings (SSSR count).